The van der Waals surface area contributed by atoms with Crippen molar-refractivity contribution >= 4 is 23.0 Å². The summed E-state index contributed by atoms with van der Waals surface area (Å²) in [4.78, 5) is 0. The Morgan fingerprint density at radius 3 is 2.90 bits per heavy atom. The van der Waals surface area contributed by atoms with Crippen molar-refractivity contribution in [2.24, 2.45) is 5.92 Å². The van der Waals surface area contributed by atoms with E-state index in [2.05, 4.69) is 60.4 Å². The van der Waals surface area contributed by atoms with Crippen LogP contribution >= 0.6 is 12.2 Å². The van der Waals surface area contributed by atoms with Crippen LogP contribution in [0.25, 0.3) is 0 Å². The van der Waals surface area contributed by atoms with Crippen LogP contribution in [0.2, 0.25) is 0 Å². The molecule has 0 aromatic heterocycles. The van der Waals surface area contributed by atoms with Crippen molar-refractivity contribution in [2.45, 2.75) is 26.7 Å². The predicted octanol–water partition coefficient (Wildman–Crippen LogP) is 3.33. The molecule has 2 aliphatic rings. The van der Waals surface area contributed by atoms with Gasteiger partial charge < -0.3 is 10.7 Å². The van der Waals surface area contributed by atoms with Crippen LogP contribution in [-0.4, -0.2) is 5.11 Å². The molecular formula is C16H19N3S. The molecule has 20 heavy (non-hydrogen) atoms. The molecule has 0 saturated heterocycles. The fraction of sp³-hybridized carbons (Fsp3) is 0.312. The normalized spacial score (nSPS) is 19.4. The number of hydrogen-bond acceptors (Lipinski definition) is 2. The molecule has 1 aromatic rings. The third-order valence-corrected chi connectivity index (χ3v) is 4.12. The third-order valence-electron chi connectivity index (χ3n) is 3.91. The van der Waals surface area contributed by atoms with Gasteiger partial charge in [-0.15, -0.1) is 0 Å². The van der Waals surface area contributed by atoms with E-state index in [9.17, 15) is 0 Å². The van der Waals surface area contributed by atoms with Crippen LogP contribution in [0.3, 0.4) is 0 Å². The van der Waals surface area contributed by atoms with E-state index >= 15 is 0 Å². The average Bonchev–Trinajstić information content (AvgIpc) is 2.75. The summed E-state index contributed by atoms with van der Waals surface area (Å²) in [7, 11) is 0. The lowest BCUT2D eigenvalue weighted by Gasteiger charge is -2.29. The van der Waals surface area contributed by atoms with Gasteiger partial charge in [-0.2, -0.15) is 0 Å². The molecule has 3 nitrogen and oxygen atoms in total. The Morgan fingerprint density at radius 2 is 2.15 bits per heavy atom. The molecule has 0 saturated carbocycles. The summed E-state index contributed by atoms with van der Waals surface area (Å²) in [6.45, 7) is 4.17. The zero-order chi connectivity index (χ0) is 14.1. The molecule has 104 valence electrons. The minimum absolute atomic E-state index is 0.593. The number of thiocarbonyl (C=S) groups is 1. The Bertz CT molecular complexity index is 616. The van der Waals surface area contributed by atoms with Crippen molar-refractivity contribution in [1.29, 1.82) is 0 Å². The largest absolute Gasteiger partial charge is 0.331 e. The van der Waals surface area contributed by atoms with E-state index in [1.165, 1.54) is 28.8 Å². The minimum Gasteiger partial charge on any atom is -0.331 e. The van der Waals surface area contributed by atoms with Crippen molar-refractivity contribution < 1.29 is 0 Å². The maximum Gasteiger partial charge on any atom is 0.189 e. The van der Waals surface area contributed by atoms with Gasteiger partial charge in [0.1, 0.15) is 0 Å². The summed E-state index contributed by atoms with van der Waals surface area (Å²) in [6, 6.07) is 6.28. The van der Waals surface area contributed by atoms with Crippen LogP contribution in [0.4, 0.5) is 5.69 Å². The molecule has 3 N–H and O–H groups in total. The monoisotopic (exact) mass is 285 g/mol. The average molecular weight is 285 g/mol. The lowest BCUT2D eigenvalue weighted by atomic mass is 9.84. The van der Waals surface area contributed by atoms with Crippen molar-refractivity contribution in [2.75, 3.05) is 5.32 Å². The zero-order valence-electron chi connectivity index (χ0n) is 11.8. The van der Waals surface area contributed by atoms with E-state index in [-0.39, 0.29) is 0 Å². The standard InChI is InChI=1S/C16H19N3S/c1-10-6-7-14(11(2)8-10)17-16(20)19-18-15-9-12-4-3-5-13(12)15/h3,5-8,12,18H,4,9H2,1-2H3,(H2,17,19,20)/t12-/m1/s1. The first-order chi connectivity index (χ1) is 9.63. The molecule has 0 fully saturated rings. The van der Waals surface area contributed by atoms with Gasteiger partial charge in [0, 0.05) is 11.4 Å². The number of benzene rings is 1. The van der Waals surface area contributed by atoms with E-state index in [0.29, 0.717) is 5.11 Å². The second-order valence-electron chi connectivity index (χ2n) is 5.50. The summed E-state index contributed by atoms with van der Waals surface area (Å²) in [6.07, 6.45) is 6.74. The molecule has 0 unspecified atom stereocenters. The minimum atomic E-state index is 0.593. The highest BCUT2D eigenvalue weighted by Gasteiger charge is 2.29. The number of allylic oxidation sites excluding steroid dienone is 4. The highest BCUT2D eigenvalue weighted by atomic mass is 32.1. The van der Waals surface area contributed by atoms with E-state index < -0.39 is 0 Å². The van der Waals surface area contributed by atoms with Gasteiger partial charge in [-0.3, -0.25) is 5.43 Å². The van der Waals surface area contributed by atoms with Crippen LogP contribution < -0.4 is 16.2 Å². The Labute approximate surface area is 125 Å². The fourth-order valence-corrected chi connectivity index (χ4v) is 2.92. The first-order valence-electron chi connectivity index (χ1n) is 6.93. The van der Waals surface area contributed by atoms with Gasteiger partial charge >= 0.3 is 0 Å². The molecular weight excluding hydrogens is 266 g/mol. The molecule has 0 radical (unpaired) electrons. The molecule has 1 atom stereocenters. The van der Waals surface area contributed by atoms with E-state index in [1.54, 1.807) is 0 Å². The van der Waals surface area contributed by atoms with Crippen LogP contribution in [0, 0.1) is 19.8 Å². The van der Waals surface area contributed by atoms with Crippen molar-refractivity contribution in [1.82, 2.24) is 10.9 Å². The van der Waals surface area contributed by atoms with Gasteiger partial charge in [0.25, 0.3) is 0 Å². The van der Waals surface area contributed by atoms with Gasteiger partial charge in [0.15, 0.2) is 5.11 Å². The molecule has 1 aromatic carbocycles. The van der Waals surface area contributed by atoms with E-state index in [0.717, 1.165) is 18.0 Å². The number of fused-ring (bicyclic) bond motifs is 1. The van der Waals surface area contributed by atoms with E-state index in [4.69, 9.17) is 12.2 Å². The summed E-state index contributed by atoms with van der Waals surface area (Å²) in [5.41, 5.74) is 12.5. The summed E-state index contributed by atoms with van der Waals surface area (Å²) < 4.78 is 0. The van der Waals surface area contributed by atoms with Gasteiger partial charge in [-0.05, 0) is 62.0 Å². The summed E-state index contributed by atoms with van der Waals surface area (Å²) in [5.74, 6) is 0.736. The quantitative estimate of drug-likeness (QED) is 0.588. The molecule has 3 rings (SSSR count). The number of nitrogens with one attached hydrogen (secondary N) is 3. The number of rotatable bonds is 3. The van der Waals surface area contributed by atoms with Crippen LogP contribution in [0.1, 0.15) is 24.0 Å². The van der Waals surface area contributed by atoms with Crippen molar-refractivity contribution in [3.63, 3.8) is 0 Å². The van der Waals surface area contributed by atoms with Gasteiger partial charge in [-0.25, -0.2) is 0 Å². The number of hydrazine groups is 1. The molecule has 0 spiro atoms. The SMILES string of the molecule is Cc1ccc(NC(=S)NNC2=C3C=CC[C@@H]3C2)c(C)c1. The Kier molecular flexibility index (Phi) is 3.49. The van der Waals surface area contributed by atoms with Crippen LogP contribution in [-0.2, 0) is 0 Å². The predicted molar refractivity (Wildman–Crippen MR) is 87.3 cm³/mol. The van der Waals surface area contributed by atoms with Gasteiger partial charge in [0.2, 0.25) is 0 Å². The maximum absolute atomic E-state index is 5.31. The number of aryl methyl sites for hydroxylation is 2. The number of hydrogen-bond donors (Lipinski definition) is 3. The highest BCUT2D eigenvalue weighted by Crippen LogP contribution is 2.40. The third kappa shape index (κ3) is 2.56. The topological polar surface area (TPSA) is 36.1 Å². The van der Waals surface area contributed by atoms with Crippen molar-refractivity contribution in [3.05, 3.63) is 52.7 Å². The fourth-order valence-electron chi connectivity index (χ4n) is 2.76. The Morgan fingerprint density at radius 1 is 1.30 bits per heavy atom. The number of anilines is 1. The molecule has 0 bridgehead atoms. The Balaban J connectivity index is 1.55. The molecule has 0 aliphatic heterocycles. The summed E-state index contributed by atoms with van der Waals surface area (Å²) >= 11 is 5.31. The Hall–Kier alpha value is -1.81. The lowest BCUT2D eigenvalue weighted by molar-refractivity contribution is 0.517. The van der Waals surface area contributed by atoms with Crippen molar-refractivity contribution in [3.8, 4) is 0 Å². The molecule has 4 heteroatoms. The molecule has 2 aliphatic carbocycles. The van der Waals surface area contributed by atoms with Gasteiger partial charge in [-0.1, -0.05) is 29.8 Å². The highest BCUT2D eigenvalue weighted by molar-refractivity contribution is 7.80. The molecule has 0 amide bonds. The molecule has 0 heterocycles. The summed E-state index contributed by atoms with van der Waals surface area (Å²) in [5, 5.41) is 3.81. The van der Waals surface area contributed by atoms with Crippen LogP contribution in [0.5, 0.6) is 0 Å². The zero-order valence-corrected chi connectivity index (χ0v) is 12.6. The van der Waals surface area contributed by atoms with Gasteiger partial charge in [0.05, 0.1) is 0 Å². The first-order valence-corrected chi connectivity index (χ1v) is 7.34. The van der Waals surface area contributed by atoms with E-state index in [1.807, 2.05) is 0 Å². The lowest BCUT2D eigenvalue weighted by Crippen LogP contribution is -2.42. The maximum atomic E-state index is 5.31. The van der Waals surface area contributed by atoms with Crippen LogP contribution in [0.15, 0.2) is 41.6 Å². The smallest absolute Gasteiger partial charge is 0.189 e. The second-order valence-corrected chi connectivity index (χ2v) is 5.90. The first kappa shape index (κ1) is 13.2. The second kappa shape index (κ2) is 5.29.